The zero-order valence-electron chi connectivity index (χ0n) is 10.9. The second-order valence-corrected chi connectivity index (χ2v) is 6.06. The highest BCUT2D eigenvalue weighted by Crippen LogP contribution is 2.31. The monoisotopic (exact) mass is 326 g/mol. The van der Waals surface area contributed by atoms with Crippen molar-refractivity contribution in [3.63, 3.8) is 0 Å². The van der Waals surface area contributed by atoms with E-state index in [0.29, 0.717) is 6.07 Å². The summed E-state index contributed by atoms with van der Waals surface area (Å²) in [5, 5.41) is 11.4. The smallest absolute Gasteiger partial charge is 0.416 e. The third kappa shape index (κ3) is 4.90. The number of aromatic carboxylic acids is 1. The first-order valence-corrected chi connectivity index (χ1v) is 7.31. The van der Waals surface area contributed by atoms with Crippen molar-refractivity contribution in [2.45, 2.75) is 6.18 Å². The Hall–Kier alpha value is -1.81. The van der Waals surface area contributed by atoms with Gasteiger partial charge in [-0.15, -0.1) is 0 Å². The van der Waals surface area contributed by atoms with Crippen LogP contribution in [-0.4, -0.2) is 38.8 Å². The van der Waals surface area contributed by atoms with Crippen molar-refractivity contribution in [1.82, 2.24) is 4.72 Å². The number of carbonyl (C=O) groups is 1. The summed E-state index contributed by atoms with van der Waals surface area (Å²) in [6, 6.07) is 2.18. The minimum Gasteiger partial charge on any atom is -0.478 e. The van der Waals surface area contributed by atoms with Crippen molar-refractivity contribution >= 4 is 21.7 Å². The van der Waals surface area contributed by atoms with Gasteiger partial charge in [0.25, 0.3) is 0 Å². The van der Waals surface area contributed by atoms with Crippen molar-refractivity contribution in [3.8, 4) is 0 Å². The predicted octanol–water partition coefficient (Wildman–Crippen LogP) is 1.36. The number of sulfonamides is 1. The molecule has 0 amide bonds. The summed E-state index contributed by atoms with van der Waals surface area (Å²) in [6.45, 7) is -0.144. The summed E-state index contributed by atoms with van der Waals surface area (Å²) in [7, 11) is -2.28. The molecule has 21 heavy (non-hydrogen) atoms. The summed E-state index contributed by atoms with van der Waals surface area (Å²) >= 11 is 0. The van der Waals surface area contributed by atoms with Crippen LogP contribution in [0.1, 0.15) is 15.9 Å². The first-order chi connectivity index (χ1) is 9.57. The van der Waals surface area contributed by atoms with Gasteiger partial charge < -0.3 is 10.4 Å². The van der Waals surface area contributed by atoms with Gasteiger partial charge in [-0.25, -0.2) is 17.9 Å². The molecular weight excluding hydrogens is 313 g/mol. The molecule has 3 N–H and O–H groups in total. The highest BCUT2D eigenvalue weighted by atomic mass is 32.2. The molecule has 0 aliphatic rings. The Balaban J connectivity index is 2.95. The molecule has 0 unspecified atom stereocenters. The molecule has 0 aliphatic heterocycles. The van der Waals surface area contributed by atoms with Crippen LogP contribution in [0.5, 0.6) is 0 Å². The van der Waals surface area contributed by atoms with Crippen LogP contribution >= 0.6 is 0 Å². The predicted molar refractivity (Wildman–Crippen MR) is 69.7 cm³/mol. The molecule has 1 aromatic rings. The van der Waals surface area contributed by atoms with Gasteiger partial charge in [0.15, 0.2) is 0 Å². The SMILES string of the molecule is CNS(=O)(=O)CCNc1ccc(C(F)(F)F)cc1C(=O)O. The first kappa shape index (κ1) is 17.2. The highest BCUT2D eigenvalue weighted by molar-refractivity contribution is 7.89. The average molecular weight is 326 g/mol. The molecule has 0 bridgehead atoms. The fourth-order valence-corrected chi connectivity index (χ4v) is 2.05. The maximum atomic E-state index is 12.5. The molecule has 0 heterocycles. The van der Waals surface area contributed by atoms with E-state index in [2.05, 4.69) is 10.0 Å². The van der Waals surface area contributed by atoms with Crippen LogP contribution < -0.4 is 10.0 Å². The molecule has 0 aromatic heterocycles. The molecule has 0 spiro atoms. The molecule has 1 rings (SSSR count). The lowest BCUT2D eigenvalue weighted by atomic mass is 10.1. The largest absolute Gasteiger partial charge is 0.478 e. The van der Waals surface area contributed by atoms with Gasteiger partial charge in [0.2, 0.25) is 10.0 Å². The van der Waals surface area contributed by atoms with E-state index in [1.807, 2.05) is 0 Å². The van der Waals surface area contributed by atoms with E-state index in [9.17, 15) is 26.4 Å². The third-order valence-corrected chi connectivity index (χ3v) is 3.94. The lowest BCUT2D eigenvalue weighted by molar-refractivity contribution is -0.137. The Morgan fingerprint density at radius 2 is 1.95 bits per heavy atom. The molecule has 118 valence electrons. The van der Waals surface area contributed by atoms with E-state index in [-0.39, 0.29) is 18.0 Å². The Kier molecular flexibility index (Phi) is 5.18. The Morgan fingerprint density at radius 1 is 1.33 bits per heavy atom. The van der Waals surface area contributed by atoms with E-state index in [1.54, 1.807) is 0 Å². The maximum Gasteiger partial charge on any atom is 0.416 e. The number of halogens is 3. The summed E-state index contributed by atoms with van der Waals surface area (Å²) in [5.41, 5.74) is -1.75. The van der Waals surface area contributed by atoms with Crippen molar-refractivity contribution < 1.29 is 31.5 Å². The van der Waals surface area contributed by atoms with Gasteiger partial charge in [0.05, 0.1) is 16.9 Å². The van der Waals surface area contributed by atoms with E-state index in [4.69, 9.17) is 5.11 Å². The summed E-state index contributed by atoms with van der Waals surface area (Å²) in [5.74, 6) is -1.89. The molecule has 0 saturated carbocycles. The van der Waals surface area contributed by atoms with Gasteiger partial charge in [-0.05, 0) is 25.2 Å². The van der Waals surface area contributed by atoms with Crippen molar-refractivity contribution in [1.29, 1.82) is 0 Å². The molecule has 0 fully saturated rings. The Bertz CT molecular complexity index is 629. The molecular formula is C11H13F3N2O4S. The number of carboxylic acids is 1. The third-order valence-electron chi connectivity index (χ3n) is 2.57. The number of hydrogen-bond donors (Lipinski definition) is 3. The van der Waals surface area contributed by atoms with Crippen molar-refractivity contribution in [3.05, 3.63) is 29.3 Å². The first-order valence-electron chi connectivity index (χ1n) is 5.66. The lowest BCUT2D eigenvalue weighted by Gasteiger charge is -2.13. The number of anilines is 1. The Morgan fingerprint density at radius 3 is 2.43 bits per heavy atom. The fraction of sp³-hybridized carbons (Fsp3) is 0.364. The number of benzene rings is 1. The highest BCUT2D eigenvalue weighted by Gasteiger charge is 2.31. The van der Waals surface area contributed by atoms with E-state index in [1.165, 1.54) is 7.05 Å². The lowest BCUT2D eigenvalue weighted by Crippen LogP contribution is -2.26. The van der Waals surface area contributed by atoms with Crippen LogP contribution in [0.2, 0.25) is 0 Å². The number of nitrogens with one attached hydrogen (secondary N) is 2. The van der Waals surface area contributed by atoms with Gasteiger partial charge in [-0.2, -0.15) is 13.2 Å². The van der Waals surface area contributed by atoms with E-state index >= 15 is 0 Å². The van der Waals surface area contributed by atoms with Crippen LogP contribution in [0, 0.1) is 0 Å². The summed E-state index contributed by atoms with van der Waals surface area (Å²) < 4.78 is 62.0. The second-order valence-electron chi connectivity index (χ2n) is 4.01. The normalized spacial score (nSPS) is 12.2. The zero-order chi connectivity index (χ0) is 16.3. The van der Waals surface area contributed by atoms with Crippen LogP contribution in [0.4, 0.5) is 18.9 Å². The topological polar surface area (TPSA) is 95.5 Å². The maximum absolute atomic E-state index is 12.5. The quantitative estimate of drug-likeness (QED) is 0.734. The summed E-state index contributed by atoms with van der Waals surface area (Å²) in [6.07, 6.45) is -4.65. The van der Waals surface area contributed by atoms with Crippen molar-refractivity contribution in [2.75, 3.05) is 24.7 Å². The molecule has 0 atom stereocenters. The fourth-order valence-electron chi connectivity index (χ4n) is 1.47. The van der Waals surface area contributed by atoms with E-state index in [0.717, 1.165) is 12.1 Å². The molecule has 0 saturated heterocycles. The van der Waals surface area contributed by atoms with Gasteiger partial charge >= 0.3 is 12.1 Å². The molecule has 10 heteroatoms. The number of rotatable bonds is 6. The number of carboxylic acid groups (broad SMARTS) is 1. The van der Waals surface area contributed by atoms with Crippen LogP contribution in [-0.2, 0) is 16.2 Å². The van der Waals surface area contributed by atoms with Gasteiger partial charge in [0, 0.05) is 12.2 Å². The van der Waals surface area contributed by atoms with Gasteiger partial charge in [0.1, 0.15) is 0 Å². The average Bonchev–Trinajstić information content (AvgIpc) is 2.37. The number of hydrogen-bond acceptors (Lipinski definition) is 4. The standard InChI is InChI=1S/C11H13F3N2O4S/c1-15-21(19,20)5-4-16-9-3-2-7(11(12,13)14)6-8(9)10(17)18/h2-3,6,15-16H,4-5H2,1H3,(H,17,18). The minimum atomic E-state index is -4.65. The zero-order valence-corrected chi connectivity index (χ0v) is 11.7. The molecule has 0 aliphatic carbocycles. The van der Waals surface area contributed by atoms with Gasteiger partial charge in [-0.1, -0.05) is 0 Å². The Labute approximate surface area is 119 Å². The van der Waals surface area contributed by atoms with Crippen LogP contribution in [0.15, 0.2) is 18.2 Å². The number of alkyl halides is 3. The van der Waals surface area contributed by atoms with Gasteiger partial charge in [-0.3, -0.25) is 0 Å². The minimum absolute atomic E-state index is 0.0817. The second kappa shape index (κ2) is 6.31. The van der Waals surface area contributed by atoms with Crippen LogP contribution in [0.25, 0.3) is 0 Å². The summed E-state index contributed by atoms with van der Waals surface area (Å²) in [4.78, 5) is 11.0. The van der Waals surface area contributed by atoms with Crippen LogP contribution in [0.3, 0.4) is 0 Å². The van der Waals surface area contributed by atoms with Crippen molar-refractivity contribution in [2.24, 2.45) is 0 Å². The molecule has 6 nitrogen and oxygen atoms in total. The van der Waals surface area contributed by atoms with E-state index < -0.39 is 33.3 Å². The molecule has 1 aromatic carbocycles. The molecule has 0 radical (unpaired) electrons.